The monoisotopic (exact) mass is 291 g/mol. The van der Waals surface area contributed by atoms with Crippen LogP contribution in [-0.2, 0) is 9.53 Å². The van der Waals surface area contributed by atoms with Crippen LogP contribution in [0.4, 0.5) is 5.69 Å². The van der Waals surface area contributed by atoms with Crippen molar-refractivity contribution in [3.8, 4) is 0 Å². The van der Waals surface area contributed by atoms with E-state index in [9.17, 15) is 4.79 Å². The van der Waals surface area contributed by atoms with Crippen LogP contribution < -0.4 is 4.90 Å². The van der Waals surface area contributed by atoms with Gasteiger partial charge in [0, 0.05) is 24.9 Å². The maximum atomic E-state index is 10.9. The number of rotatable bonds is 5. The highest BCUT2D eigenvalue weighted by Crippen LogP contribution is 2.30. The fraction of sp³-hybridized carbons (Fsp3) is 0.588. The summed E-state index contributed by atoms with van der Waals surface area (Å²) < 4.78 is 5.78. The van der Waals surface area contributed by atoms with Crippen molar-refractivity contribution in [2.45, 2.75) is 51.7 Å². The van der Waals surface area contributed by atoms with E-state index in [2.05, 4.69) is 49.9 Å². The third kappa shape index (κ3) is 4.46. The molecule has 0 amide bonds. The van der Waals surface area contributed by atoms with Gasteiger partial charge >= 0.3 is 5.97 Å². The van der Waals surface area contributed by atoms with Gasteiger partial charge in [0.25, 0.3) is 0 Å². The molecule has 1 aliphatic heterocycles. The number of aliphatic carboxylic acids is 1. The van der Waals surface area contributed by atoms with Crippen LogP contribution in [0, 0.1) is 6.92 Å². The first-order chi connectivity index (χ1) is 9.87. The lowest BCUT2D eigenvalue weighted by molar-refractivity contribution is -0.136. The predicted molar refractivity (Wildman–Crippen MR) is 83.8 cm³/mol. The molecule has 1 fully saturated rings. The first-order valence-electron chi connectivity index (χ1n) is 7.56. The number of anilines is 1. The molecule has 4 heteroatoms. The van der Waals surface area contributed by atoms with Crippen molar-refractivity contribution in [1.82, 2.24) is 0 Å². The van der Waals surface area contributed by atoms with Crippen LogP contribution in [0.15, 0.2) is 24.3 Å². The van der Waals surface area contributed by atoms with Gasteiger partial charge in [0.2, 0.25) is 0 Å². The Morgan fingerprint density at radius 1 is 1.38 bits per heavy atom. The van der Waals surface area contributed by atoms with Crippen molar-refractivity contribution in [3.63, 3.8) is 0 Å². The Morgan fingerprint density at radius 3 is 2.62 bits per heavy atom. The molecule has 1 saturated heterocycles. The molecule has 0 bridgehead atoms. The van der Waals surface area contributed by atoms with Crippen LogP contribution in [0.3, 0.4) is 0 Å². The molecule has 1 N–H and O–H groups in total. The van der Waals surface area contributed by atoms with Crippen molar-refractivity contribution >= 4 is 11.7 Å². The summed E-state index contributed by atoms with van der Waals surface area (Å²) in [6.45, 7) is 7.53. The largest absolute Gasteiger partial charge is 0.481 e. The van der Waals surface area contributed by atoms with Crippen molar-refractivity contribution in [2.24, 2.45) is 0 Å². The third-order valence-electron chi connectivity index (χ3n) is 4.04. The fourth-order valence-corrected chi connectivity index (χ4v) is 2.94. The highest BCUT2D eigenvalue weighted by Gasteiger charge is 2.32. The summed E-state index contributed by atoms with van der Waals surface area (Å²) in [5, 5.41) is 9.00. The van der Waals surface area contributed by atoms with E-state index in [1.165, 1.54) is 5.56 Å². The zero-order valence-corrected chi connectivity index (χ0v) is 13.1. The van der Waals surface area contributed by atoms with Crippen molar-refractivity contribution < 1.29 is 14.6 Å². The Balaban J connectivity index is 2.18. The molecule has 2 rings (SSSR count). The van der Waals surface area contributed by atoms with E-state index < -0.39 is 5.97 Å². The van der Waals surface area contributed by atoms with Crippen LogP contribution in [-0.4, -0.2) is 35.9 Å². The number of hydrogen-bond acceptors (Lipinski definition) is 3. The molecule has 0 aliphatic carbocycles. The number of carboxylic acid groups (broad SMARTS) is 1. The van der Waals surface area contributed by atoms with Crippen LogP contribution in [0.2, 0.25) is 0 Å². The molecule has 1 aliphatic rings. The molecule has 1 aromatic carbocycles. The van der Waals surface area contributed by atoms with Gasteiger partial charge in [-0.3, -0.25) is 4.79 Å². The summed E-state index contributed by atoms with van der Waals surface area (Å²) in [4.78, 5) is 13.2. The average molecular weight is 291 g/mol. The van der Waals surface area contributed by atoms with E-state index in [1.807, 2.05) is 0 Å². The SMILES string of the molecule is Cc1ccc(N(CCC(=O)O)C2CCOC(C)(C)C2)cc1. The molecule has 0 spiro atoms. The van der Waals surface area contributed by atoms with Gasteiger partial charge in [0.15, 0.2) is 0 Å². The van der Waals surface area contributed by atoms with Gasteiger partial charge in [0.05, 0.1) is 12.0 Å². The lowest BCUT2D eigenvalue weighted by Gasteiger charge is -2.42. The third-order valence-corrected chi connectivity index (χ3v) is 4.04. The fourth-order valence-electron chi connectivity index (χ4n) is 2.94. The molecule has 1 atom stereocenters. The number of hydrogen-bond donors (Lipinski definition) is 1. The highest BCUT2D eigenvalue weighted by atomic mass is 16.5. The topological polar surface area (TPSA) is 49.8 Å². The molecular formula is C17H25NO3. The second-order valence-corrected chi connectivity index (χ2v) is 6.43. The van der Waals surface area contributed by atoms with Crippen LogP contribution >= 0.6 is 0 Å². The summed E-state index contributed by atoms with van der Waals surface area (Å²) in [7, 11) is 0. The molecule has 4 nitrogen and oxygen atoms in total. The van der Waals surface area contributed by atoms with Crippen LogP contribution in [0.25, 0.3) is 0 Å². The maximum absolute atomic E-state index is 10.9. The Bertz CT molecular complexity index is 481. The summed E-state index contributed by atoms with van der Waals surface area (Å²) in [6, 6.07) is 8.65. The smallest absolute Gasteiger partial charge is 0.305 e. The zero-order valence-electron chi connectivity index (χ0n) is 13.1. The number of nitrogens with zero attached hydrogens (tertiary/aromatic N) is 1. The van der Waals surface area contributed by atoms with Crippen LogP contribution in [0.1, 0.15) is 38.7 Å². The number of carboxylic acids is 1. The van der Waals surface area contributed by atoms with Gasteiger partial charge in [-0.15, -0.1) is 0 Å². The molecular weight excluding hydrogens is 266 g/mol. The van der Waals surface area contributed by atoms with Crippen molar-refractivity contribution in [3.05, 3.63) is 29.8 Å². The summed E-state index contributed by atoms with van der Waals surface area (Å²) in [5.41, 5.74) is 2.17. The van der Waals surface area contributed by atoms with Crippen LogP contribution in [0.5, 0.6) is 0 Å². The van der Waals surface area contributed by atoms with Gasteiger partial charge in [-0.25, -0.2) is 0 Å². The van der Waals surface area contributed by atoms with Gasteiger partial charge in [-0.2, -0.15) is 0 Å². The quantitative estimate of drug-likeness (QED) is 0.905. The second-order valence-electron chi connectivity index (χ2n) is 6.43. The van der Waals surface area contributed by atoms with Crippen molar-refractivity contribution in [2.75, 3.05) is 18.1 Å². The van der Waals surface area contributed by atoms with Gasteiger partial charge in [-0.1, -0.05) is 17.7 Å². The molecule has 1 unspecified atom stereocenters. The lowest BCUT2D eigenvalue weighted by Crippen LogP contribution is -2.47. The average Bonchev–Trinajstić information content (AvgIpc) is 2.39. The first-order valence-corrected chi connectivity index (χ1v) is 7.56. The Kier molecular flexibility index (Phi) is 4.88. The zero-order chi connectivity index (χ0) is 15.5. The van der Waals surface area contributed by atoms with E-state index in [0.717, 1.165) is 25.1 Å². The van der Waals surface area contributed by atoms with Gasteiger partial charge in [-0.05, 0) is 45.7 Å². The molecule has 1 heterocycles. The number of ether oxygens (including phenoxy) is 1. The number of benzene rings is 1. The Morgan fingerprint density at radius 2 is 2.05 bits per heavy atom. The van der Waals surface area contributed by atoms with E-state index >= 15 is 0 Å². The molecule has 21 heavy (non-hydrogen) atoms. The van der Waals surface area contributed by atoms with E-state index in [-0.39, 0.29) is 12.0 Å². The van der Waals surface area contributed by atoms with Gasteiger partial charge < -0.3 is 14.7 Å². The normalized spacial score (nSPS) is 21.0. The Labute approximate surface area is 126 Å². The first kappa shape index (κ1) is 15.8. The minimum absolute atomic E-state index is 0.144. The maximum Gasteiger partial charge on any atom is 0.305 e. The second kappa shape index (κ2) is 6.48. The molecule has 0 saturated carbocycles. The summed E-state index contributed by atoms with van der Waals surface area (Å²) in [5.74, 6) is -0.751. The summed E-state index contributed by atoms with van der Waals surface area (Å²) in [6.07, 6.45) is 2.02. The highest BCUT2D eigenvalue weighted by molar-refractivity contribution is 5.67. The lowest BCUT2D eigenvalue weighted by atomic mass is 9.92. The molecule has 116 valence electrons. The van der Waals surface area contributed by atoms with E-state index in [4.69, 9.17) is 9.84 Å². The van der Waals surface area contributed by atoms with Gasteiger partial charge in [0.1, 0.15) is 0 Å². The Hall–Kier alpha value is -1.55. The number of carbonyl (C=O) groups is 1. The molecule has 1 aromatic rings. The van der Waals surface area contributed by atoms with Crippen molar-refractivity contribution in [1.29, 1.82) is 0 Å². The van der Waals surface area contributed by atoms with E-state index in [0.29, 0.717) is 12.6 Å². The molecule has 0 aromatic heterocycles. The predicted octanol–water partition coefficient (Wildman–Crippen LogP) is 3.23. The summed E-state index contributed by atoms with van der Waals surface area (Å²) >= 11 is 0. The number of aryl methyl sites for hydroxylation is 1. The standard InChI is InChI=1S/C17H25NO3/c1-13-4-6-14(7-5-13)18(10-8-16(19)20)15-9-11-21-17(2,3)12-15/h4-7,15H,8-12H2,1-3H3,(H,19,20). The minimum Gasteiger partial charge on any atom is -0.481 e. The molecule has 0 radical (unpaired) electrons. The minimum atomic E-state index is -0.751. The van der Waals surface area contributed by atoms with E-state index in [1.54, 1.807) is 0 Å².